The summed E-state index contributed by atoms with van der Waals surface area (Å²) in [5.74, 6) is 0.0220. The maximum absolute atomic E-state index is 11.6. The van der Waals surface area contributed by atoms with E-state index in [2.05, 4.69) is 9.88 Å². The molecule has 0 fully saturated rings. The average molecular weight is 234 g/mol. The Labute approximate surface area is 98.7 Å². The van der Waals surface area contributed by atoms with Crippen LogP contribution < -0.4 is 5.32 Å². The summed E-state index contributed by atoms with van der Waals surface area (Å²) in [4.78, 5) is 11.6. The topological polar surface area (TPSA) is 34.0 Å². The molecule has 4 heteroatoms. The Balaban J connectivity index is 1.67. The summed E-state index contributed by atoms with van der Waals surface area (Å²) in [5.41, 5.74) is 0.756. The number of hydrogen-bond acceptors (Lipinski definition) is 2. The fourth-order valence-corrected chi connectivity index (χ4v) is 2.11. The predicted molar refractivity (Wildman–Crippen MR) is 65.7 cm³/mol. The Bertz CT molecular complexity index is 420. The second-order valence-electron chi connectivity index (χ2n) is 3.54. The molecule has 2 aromatic rings. The lowest BCUT2D eigenvalue weighted by molar-refractivity contribution is 0.0953. The third kappa shape index (κ3) is 2.97. The van der Waals surface area contributed by atoms with Gasteiger partial charge < -0.3 is 9.88 Å². The minimum absolute atomic E-state index is 0.0220. The van der Waals surface area contributed by atoms with Gasteiger partial charge in [-0.15, -0.1) is 0 Å². The first kappa shape index (κ1) is 11.0. The predicted octanol–water partition coefficient (Wildman–Crippen LogP) is 2.37. The summed E-state index contributed by atoms with van der Waals surface area (Å²) in [6.45, 7) is 1.66. The highest BCUT2D eigenvalue weighted by Crippen LogP contribution is 2.05. The van der Waals surface area contributed by atoms with Crippen LogP contribution >= 0.6 is 11.3 Å². The molecule has 2 aromatic heterocycles. The number of aromatic nitrogens is 1. The van der Waals surface area contributed by atoms with Crippen LogP contribution in [0.1, 0.15) is 16.8 Å². The van der Waals surface area contributed by atoms with Gasteiger partial charge in [0.2, 0.25) is 0 Å². The normalized spacial score (nSPS) is 10.2. The molecule has 0 aliphatic carbocycles. The van der Waals surface area contributed by atoms with Gasteiger partial charge in [0.25, 0.3) is 5.91 Å². The van der Waals surface area contributed by atoms with Crippen molar-refractivity contribution in [1.82, 2.24) is 9.88 Å². The number of nitrogens with zero attached hydrogens (tertiary/aromatic N) is 1. The first-order chi connectivity index (χ1) is 7.86. The SMILES string of the molecule is O=C(NCCCn1cccc1)c1ccsc1. The van der Waals surface area contributed by atoms with E-state index in [4.69, 9.17) is 0 Å². The van der Waals surface area contributed by atoms with E-state index in [9.17, 15) is 4.79 Å². The van der Waals surface area contributed by atoms with Gasteiger partial charge in [-0.2, -0.15) is 11.3 Å². The van der Waals surface area contributed by atoms with Crippen molar-refractivity contribution in [2.24, 2.45) is 0 Å². The molecule has 0 spiro atoms. The first-order valence-corrected chi connectivity index (χ1v) is 6.22. The van der Waals surface area contributed by atoms with Crippen molar-refractivity contribution in [2.45, 2.75) is 13.0 Å². The summed E-state index contributed by atoms with van der Waals surface area (Å²) in [7, 11) is 0. The molecule has 1 N–H and O–H groups in total. The van der Waals surface area contributed by atoms with Gasteiger partial charge in [-0.1, -0.05) is 0 Å². The van der Waals surface area contributed by atoms with Gasteiger partial charge in [0, 0.05) is 36.4 Å². The second kappa shape index (κ2) is 5.51. The van der Waals surface area contributed by atoms with E-state index >= 15 is 0 Å². The number of carbonyl (C=O) groups is 1. The third-order valence-corrected chi connectivity index (χ3v) is 3.01. The Morgan fingerprint density at radius 2 is 2.19 bits per heavy atom. The van der Waals surface area contributed by atoms with Gasteiger partial charge >= 0.3 is 0 Å². The van der Waals surface area contributed by atoms with Gasteiger partial charge in [0.1, 0.15) is 0 Å². The van der Waals surface area contributed by atoms with Crippen molar-refractivity contribution in [1.29, 1.82) is 0 Å². The molecule has 1 amide bonds. The van der Waals surface area contributed by atoms with E-state index in [1.807, 2.05) is 41.4 Å². The fourth-order valence-electron chi connectivity index (χ4n) is 1.48. The monoisotopic (exact) mass is 234 g/mol. The molecule has 2 heterocycles. The number of aryl methyl sites for hydroxylation is 1. The Morgan fingerprint density at radius 3 is 2.88 bits per heavy atom. The standard InChI is InChI=1S/C12H14N2OS/c15-12(11-4-9-16-10-11)13-5-3-8-14-6-1-2-7-14/h1-2,4,6-7,9-10H,3,5,8H2,(H,13,15). The van der Waals surface area contributed by atoms with Crippen molar-refractivity contribution in [2.75, 3.05) is 6.54 Å². The average Bonchev–Trinajstić information content (AvgIpc) is 2.96. The van der Waals surface area contributed by atoms with E-state index in [0.29, 0.717) is 6.54 Å². The number of rotatable bonds is 5. The van der Waals surface area contributed by atoms with Crippen LogP contribution in [0.25, 0.3) is 0 Å². The first-order valence-electron chi connectivity index (χ1n) is 5.27. The summed E-state index contributed by atoms with van der Waals surface area (Å²) in [6.07, 6.45) is 5.01. The van der Waals surface area contributed by atoms with Gasteiger partial charge in [0.15, 0.2) is 0 Å². The minimum atomic E-state index is 0.0220. The van der Waals surface area contributed by atoms with E-state index in [-0.39, 0.29) is 5.91 Å². The van der Waals surface area contributed by atoms with Crippen LogP contribution in [0, 0.1) is 0 Å². The zero-order valence-electron chi connectivity index (χ0n) is 8.93. The van der Waals surface area contributed by atoms with Crippen molar-refractivity contribution in [3.05, 3.63) is 46.9 Å². The Morgan fingerprint density at radius 1 is 1.38 bits per heavy atom. The van der Waals surface area contributed by atoms with E-state index < -0.39 is 0 Å². The number of thiophene rings is 1. The molecule has 16 heavy (non-hydrogen) atoms. The maximum Gasteiger partial charge on any atom is 0.252 e. The molecule has 0 aliphatic rings. The Kier molecular flexibility index (Phi) is 3.77. The van der Waals surface area contributed by atoms with Crippen LogP contribution in [-0.4, -0.2) is 17.0 Å². The number of amides is 1. The number of carbonyl (C=O) groups excluding carboxylic acids is 1. The molecule has 0 saturated carbocycles. The lowest BCUT2D eigenvalue weighted by Crippen LogP contribution is -2.24. The molecule has 0 radical (unpaired) electrons. The van der Waals surface area contributed by atoms with E-state index in [1.165, 1.54) is 0 Å². The van der Waals surface area contributed by atoms with Gasteiger partial charge in [0.05, 0.1) is 0 Å². The van der Waals surface area contributed by atoms with Crippen molar-refractivity contribution >= 4 is 17.2 Å². The van der Waals surface area contributed by atoms with Gasteiger partial charge in [-0.25, -0.2) is 0 Å². The molecule has 3 nitrogen and oxygen atoms in total. The number of hydrogen-bond donors (Lipinski definition) is 1. The molecule has 0 bridgehead atoms. The molecule has 0 atom stereocenters. The smallest absolute Gasteiger partial charge is 0.252 e. The van der Waals surface area contributed by atoms with Crippen LogP contribution in [0.2, 0.25) is 0 Å². The Hall–Kier alpha value is -1.55. The molecule has 0 saturated heterocycles. The van der Waals surface area contributed by atoms with Crippen LogP contribution in [0.3, 0.4) is 0 Å². The molecule has 84 valence electrons. The van der Waals surface area contributed by atoms with Crippen molar-refractivity contribution in [3.63, 3.8) is 0 Å². The van der Waals surface area contributed by atoms with E-state index in [0.717, 1.165) is 18.5 Å². The highest BCUT2D eigenvalue weighted by molar-refractivity contribution is 7.08. The lowest BCUT2D eigenvalue weighted by atomic mass is 10.3. The van der Waals surface area contributed by atoms with Gasteiger partial charge in [-0.05, 0) is 30.0 Å². The van der Waals surface area contributed by atoms with Gasteiger partial charge in [-0.3, -0.25) is 4.79 Å². The fraction of sp³-hybridized carbons (Fsp3) is 0.250. The quantitative estimate of drug-likeness (QED) is 0.792. The molecule has 0 aromatic carbocycles. The summed E-state index contributed by atoms with van der Waals surface area (Å²) in [6, 6.07) is 5.85. The van der Waals surface area contributed by atoms with Crippen LogP contribution in [0.4, 0.5) is 0 Å². The lowest BCUT2D eigenvalue weighted by Gasteiger charge is -2.04. The largest absolute Gasteiger partial charge is 0.354 e. The molecule has 0 unspecified atom stereocenters. The second-order valence-corrected chi connectivity index (χ2v) is 4.32. The third-order valence-electron chi connectivity index (χ3n) is 2.33. The zero-order chi connectivity index (χ0) is 11.2. The summed E-state index contributed by atoms with van der Waals surface area (Å²) in [5, 5.41) is 6.68. The highest BCUT2D eigenvalue weighted by atomic mass is 32.1. The highest BCUT2D eigenvalue weighted by Gasteiger charge is 2.03. The molecule has 0 aliphatic heterocycles. The van der Waals surface area contributed by atoms with E-state index in [1.54, 1.807) is 11.3 Å². The van der Waals surface area contributed by atoms with Crippen molar-refractivity contribution < 1.29 is 4.79 Å². The molecular weight excluding hydrogens is 220 g/mol. The van der Waals surface area contributed by atoms with Crippen LogP contribution in [0.5, 0.6) is 0 Å². The zero-order valence-corrected chi connectivity index (χ0v) is 9.74. The summed E-state index contributed by atoms with van der Waals surface area (Å²) < 4.78 is 2.11. The van der Waals surface area contributed by atoms with Crippen LogP contribution in [-0.2, 0) is 6.54 Å². The van der Waals surface area contributed by atoms with Crippen molar-refractivity contribution in [3.8, 4) is 0 Å². The maximum atomic E-state index is 11.6. The molecule has 2 rings (SSSR count). The minimum Gasteiger partial charge on any atom is -0.354 e. The number of nitrogens with one attached hydrogen (secondary N) is 1. The summed E-state index contributed by atoms with van der Waals surface area (Å²) >= 11 is 1.54. The van der Waals surface area contributed by atoms with Crippen LogP contribution in [0.15, 0.2) is 41.4 Å². The molecular formula is C12H14N2OS.